The SMILES string of the molecule is COCCC1(CNCc2cc(Cl)ccc2O)CC1. The van der Waals surface area contributed by atoms with Crippen LogP contribution in [-0.2, 0) is 11.3 Å². The molecular weight excluding hydrogens is 250 g/mol. The highest BCUT2D eigenvalue weighted by atomic mass is 35.5. The minimum Gasteiger partial charge on any atom is -0.508 e. The lowest BCUT2D eigenvalue weighted by molar-refractivity contribution is 0.171. The summed E-state index contributed by atoms with van der Waals surface area (Å²) in [5, 5.41) is 13.8. The Balaban J connectivity index is 1.80. The number of rotatable bonds is 7. The van der Waals surface area contributed by atoms with Crippen molar-refractivity contribution in [3.8, 4) is 5.75 Å². The molecule has 3 nitrogen and oxygen atoms in total. The summed E-state index contributed by atoms with van der Waals surface area (Å²) in [5.41, 5.74) is 1.27. The second-order valence-electron chi connectivity index (χ2n) is 5.12. The smallest absolute Gasteiger partial charge is 0.120 e. The molecule has 0 unspecified atom stereocenters. The van der Waals surface area contributed by atoms with Crippen molar-refractivity contribution < 1.29 is 9.84 Å². The zero-order valence-corrected chi connectivity index (χ0v) is 11.5. The summed E-state index contributed by atoms with van der Waals surface area (Å²) in [6.45, 7) is 2.45. The van der Waals surface area contributed by atoms with Gasteiger partial charge in [0.1, 0.15) is 5.75 Å². The van der Waals surface area contributed by atoms with Gasteiger partial charge in [0.05, 0.1) is 0 Å². The van der Waals surface area contributed by atoms with E-state index in [0.29, 0.717) is 22.7 Å². The van der Waals surface area contributed by atoms with Crippen molar-refractivity contribution in [2.45, 2.75) is 25.8 Å². The molecule has 1 aromatic carbocycles. The lowest BCUT2D eigenvalue weighted by Crippen LogP contribution is -2.24. The van der Waals surface area contributed by atoms with Crippen molar-refractivity contribution in [1.29, 1.82) is 0 Å². The van der Waals surface area contributed by atoms with Crippen LogP contribution >= 0.6 is 11.6 Å². The Morgan fingerprint density at radius 1 is 1.44 bits per heavy atom. The predicted molar refractivity (Wildman–Crippen MR) is 73.0 cm³/mol. The molecular formula is C14H20ClNO2. The molecule has 100 valence electrons. The molecule has 1 fully saturated rings. The van der Waals surface area contributed by atoms with Gasteiger partial charge in [0.15, 0.2) is 0 Å². The van der Waals surface area contributed by atoms with Crippen LogP contribution in [0.25, 0.3) is 0 Å². The molecule has 0 atom stereocenters. The molecule has 0 heterocycles. The standard InChI is InChI=1S/C14H20ClNO2/c1-18-7-6-14(4-5-14)10-16-9-11-8-12(15)2-3-13(11)17/h2-3,8,16-17H,4-7,9-10H2,1H3. The van der Waals surface area contributed by atoms with Crippen LogP contribution in [0.1, 0.15) is 24.8 Å². The van der Waals surface area contributed by atoms with E-state index in [9.17, 15) is 5.11 Å². The fourth-order valence-electron chi connectivity index (χ4n) is 2.17. The molecule has 1 aliphatic carbocycles. The first-order chi connectivity index (χ1) is 8.65. The van der Waals surface area contributed by atoms with E-state index in [1.165, 1.54) is 12.8 Å². The monoisotopic (exact) mass is 269 g/mol. The van der Waals surface area contributed by atoms with E-state index in [-0.39, 0.29) is 0 Å². The summed E-state index contributed by atoms with van der Waals surface area (Å²) in [6, 6.07) is 5.14. The first kappa shape index (κ1) is 13.7. The average Bonchev–Trinajstić information content (AvgIpc) is 3.12. The van der Waals surface area contributed by atoms with Crippen LogP contribution in [0.3, 0.4) is 0 Å². The third-order valence-corrected chi connectivity index (χ3v) is 3.89. The number of halogens is 1. The molecule has 0 bridgehead atoms. The Labute approximate surface area is 113 Å². The van der Waals surface area contributed by atoms with Gasteiger partial charge in [-0.3, -0.25) is 0 Å². The maximum Gasteiger partial charge on any atom is 0.120 e. The van der Waals surface area contributed by atoms with E-state index in [1.54, 1.807) is 25.3 Å². The number of aromatic hydroxyl groups is 1. The topological polar surface area (TPSA) is 41.5 Å². The van der Waals surface area contributed by atoms with Crippen LogP contribution in [0.5, 0.6) is 5.75 Å². The van der Waals surface area contributed by atoms with Crippen molar-refractivity contribution >= 4 is 11.6 Å². The number of nitrogens with one attached hydrogen (secondary N) is 1. The van der Waals surface area contributed by atoms with Gasteiger partial charge in [0.2, 0.25) is 0 Å². The first-order valence-corrected chi connectivity index (χ1v) is 6.70. The van der Waals surface area contributed by atoms with Gasteiger partial charge >= 0.3 is 0 Å². The number of phenols is 1. The molecule has 1 aliphatic rings. The Bertz CT molecular complexity index is 405. The van der Waals surface area contributed by atoms with Crippen LogP contribution in [0.15, 0.2) is 18.2 Å². The van der Waals surface area contributed by atoms with E-state index >= 15 is 0 Å². The second kappa shape index (κ2) is 5.91. The number of hydrogen-bond donors (Lipinski definition) is 2. The predicted octanol–water partition coefficient (Wildman–Crippen LogP) is 2.95. The molecule has 4 heteroatoms. The highest BCUT2D eigenvalue weighted by Gasteiger charge is 2.41. The first-order valence-electron chi connectivity index (χ1n) is 6.32. The summed E-state index contributed by atoms with van der Waals surface area (Å²) in [6.07, 6.45) is 3.65. The normalized spacial score (nSPS) is 16.8. The second-order valence-corrected chi connectivity index (χ2v) is 5.56. The zero-order valence-electron chi connectivity index (χ0n) is 10.7. The zero-order chi connectivity index (χ0) is 13.0. The minimum absolute atomic E-state index is 0.300. The van der Waals surface area contributed by atoms with E-state index < -0.39 is 0 Å². The van der Waals surface area contributed by atoms with Gasteiger partial charge in [-0.1, -0.05) is 11.6 Å². The Morgan fingerprint density at radius 2 is 2.22 bits per heavy atom. The minimum atomic E-state index is 0.300. The summed E-state index contributed by atoms with van der Waals surface area (Å²) in [7, 11) is 1.74. The molecule has 0 saturated heterocycles. The highest BCUT2D eigenvalue weighted by Crippen LogP contribution is 2.48. The van der Waals surface area contributed by atoms with Crippen LogP contribution in [-0.4, -0.2) is 25.4 Å². The third kappa shape index (κ3) is 3.61. The number of hydrogen-bond acceptors (Lipinski definition) is 3. The Morgan fingerprint density at radius 3 is 2.89 bits per heavy atom. The van der Waals surface area contributed by atoms with Gasteiger partial charge in [0.25, 0.3) is 0 Å². The molecule has 2 N–H and O–H groups in total. The number of methoxy groups -OCH3 is 1. The molecule has 0 aromatic heterocycles. The van der Waals surface area contributed by atoms with Crippen LogP contribution < -0.4 is 5.32 Å². The fourth-order valence-corrected chi connectivity index (χ4v) is 2.36. The molecule has 0 spiro atoms. The van der Waals surface area contributed by atoms with Crippen molar-refractivity contribution in [3.63, 3.8) is 0 Å². The van der Waals surface area contributed by atoms with Crippen molar-refractivity contribution in [2.75, 3.05) is 20.3 Å². The summed E-state index contributed by atoms with van der Waals surface area (Å²) < 4.78 is 5.13. The molecule has 0 radical (unpaired) electrons. The van der Waals surface area contributed by atoms with E-state index in [2.05, 4.69) is 5.32 Å². The number of phenolic OH excluding ortho intramolecular Hbond substituents is 1. The Kier molecular flexibility index (Phi) is 4.49. The molecule has 0 amide bonds. The number of benzene rings is 1. The molecule has 2 rings (SSSR count). The largest absolute Gasteiger partial charge is 0.508 e. The fraction of sp³-hybridized carbons (Fsp3) is 0.571. The van der Waals surface area contributed by atoms with E-state index in [1.807, 2.05) is 0 Å². The van der Waals surface area contributed by atoms with Gasteiger partial charge in [-0.15, -0.1) is 0 Å². The van der Waals surface area contributed by atoms with Gasteiger partial charge in [-0.05, 0) is 42.9 Å². The highest BCUT2D eigenvalue weighted by molar-refractivity contribution is 6.30. The average molecular weight is 270 g/mol. The van der Waals surface area contributed by atoms with Crippen LogP contribution in [0, 0.1) is 5.41 Å². The van der Waals surface area contributed by atoms with Crippen LogP contribution in [0.2, 0.25) is 5.02 Å². The van der Waals surface area contributed by atoms with Gasteiger partial charge < -0.3 is 15.2 Å². The number of ether oxygens (including phenoxy) is 1. The lowest BCUT2D eigenvalue weighted by atomic mass is 10.0. The lowest BCUT2D eigenvalue weighted by Gasteiger charge is -2.16. The Hall–Kier alpha value is -0.770. The summed E-state index contributed by atoms with van der Waals surface area (Å²) in [5.74, 6) is 0.300. The molecule has 18 heavy (non-hydrogen) atoms. The van der Waals surface area contributed by atoms with Gasteiger partial charge in [-0.2, -0.15) is 0 Å². The maximum absolute atomic E-state index is 9.70. The van der Waals surface area contributed by atoms with Crippen molar-refractivity contribution in [3.05, 3.63) is 28.8 Å². The van der Waals surface area contributed by atoms with Gasteiger partial charge in [0, 0.05) is 37.4 Å². The van der Waals surface area contributed by atoms with E-state index in [0.717, 1.165) is 25.1 Å². The maximum atomic E-state index is 9.70. The summed E-state index contributed by atoms with van der Waals surface area (Å²) in [4.78, 5) is 0. The van der Waals surface area contributed by atoms with Crippen molar-refractivity contribution in [2.24, 2.45) is 5.41 Å². The third-order valence-electron chi connectivity index (χ3n) is 3.65. The molecule has 0 aliphatic heterocycles. The van der Waals surface area contributed by atoms with E-state index in [4.69, 9.17) is 16.3 Å². The molecule has 1 aromatic rings. The van der Waals surface area contributed by atoms with Gasteiger partial charge in [-0.25, -0.2) is 0 Å². The molecule has 1 saturated carbocycles. The van der Waals surface area contributed by atoms with Crippen LogP contribution in [0.4, 0.5) is 0 Å². The quantitative estimate of drug-likeness (QED) is 0.800. The van der Waals surface area contributed by atoms with Crippen molar-refractivity contribution in [1.82, 2.24) is 5.32 Å². The summed E-state index contributed by atoms with van der Waals surface area (Å²) >= 11 is 5.91.